The van der Waals surface area contributed by atoms with Crippen molar-refractivity contribution < 1.29 is 12.8 Å². The van der Waals surface area contributed by atoms with Gasteiger partial charge in [-0.05, 0) is 0 Å². The van der Waals surface area contributed by atoms with Crippen LogP contribution in [0.2, 0.25) is 0 Å². The molecule has 1 aromatic rings. The van der Waals surface area contributed by atoms with E-state index in [1.54, 1.807) is 6.07 Å². The minimum atomic E-state index is -3.55. The monoisotopic (exact) mass is 220 g/mol. The lowest BCUT2D eigenvalue weighted by Crippen LogP contribution is -1.97. The van der Waals surface area contributed by atoms with Crippen molar-refractivity contribution in [2.75, 3.05) is 6.26 Å². The van der Waals surface area contributed by atoms with Gasteiger partial charge in [0.2, 0.25) is 15.7 Å². The minimum absolute atomic E-state index is 0.0265. The summed E-state index contributed by atoms with van der Waals surface area (Å²) in [6, 6.07) is 1.61. The van der Waals surface area contributed by atoms with Gasteiger partial charge in [0.1, 0.15) is 6.07 Å². The largest absolute Gasteiger partial charge is 0.426 e. The fourth-order valence-corrected chi connectivity index (χ4v) is 1.53. The topological polar surface area (TPSA) is 84.0 Å². The van der Waals surface area contributed by atoms with Crippen LogP contribution in [0.15, 0.2) is 9.51 Å². The lowest BCUT2D eigenvalue weighted by molar-refractivity contribution is 0.420. The zero-order valence-corrected chi connectivity index (χ0v) is 8.18. The molecule has 0 saturated heterocycles. The number of alkyl halides is 1. The van der Waals surface area contributed by atoms with E-state index in [9.17, 15) is 8.42 Å². The Bertz CT molecular complexity index is 457. The van der Waals surface area contributed by atoms with Crippen LogP contribution >= 0.6 is 11.6 Å². The van der Waals surface area contributed by atoms with Crippen LogP contribution in [0.25, 0.3) is 0 Å². The molecule has 0 atom stereocenters. The molecular weight excluding hydrogens is 216 g/mol. The van der Waals surface area contributed by atoms with Crippen molar-refractivity contribution in [1.82, 2.24) is 4.98 Å². The molecule has 0 spiro atoms. The summed E-state index contributed by atoms with van der Waals surface area (Å²) in [5.41, 5.74) is -0.252. The van der Waals surface area contributed by atoms with Crippen molar-refractivity contribution in [2.24, 2.45) is 0 Å². The van der Waals surface area contributed by atoms with Gasteiger partial charge in [-0.3, -0.25) is 0 Å². The Morgan fingerprint density at radius 1 is 1.69 bits per heavy atom. The molecule has 1 heterocycles. The van der Waals surface area contributed by atoms with Crippen LogP contribution in [0.1, 0.15) is 11.6 Å². The van der Waals surface area contributed by atoms with Gasteiger partial charge in [0, 0.05) is 6.26 Å². The number of oxazole rings is 1. The van der Waals surface area contributed by atoms with Gasteiger partial charge in [-0.25, -0.2) is 13.4 Å². The molecule has 5 nitrogen and oxygen atoms in total. The molecular formula is C6H5ClN2O3S. The van der Waals surface area contributed by atoms with Crippen molar-refractivity contribution in [3.05, 3.63) is 11.6 Å². The minimum Gasteiger partial charge on any atom is -0.426 e. The Kier molecular flexibility index (Phi) is 2.59. The first kappa shape index (κ1) is 10.0. The van der Waals surface area contributed by atoms with E-state index in [4.69, 9.17) is 21.3 Å². The summed E-state index contributed by atoms with van der Waals surface area (Å²) < 4.78 is 26.8. The summed E-state index contributed by atoms with van der Waals surface area (Å²) in [5.74, 6) is -0.0388. The van der Waals surface area contributed by atoms with Crippen LogP contribution in [0.5, 0.6) is 0 Å². The van der Waals surface area contributed by atoms with Gasteiger partial charge in [-0.1, -0.05) is 0 Å². The average Bonchev–Trinajstić information content (AvgIpc) is 2.46. The Balaban J connectivity index is 3.39. The Hall–Kier alpha value is -1.06. The van der Waals surface area contributed by atoms with Crippen LogP contribution in [-0.2, 0) is 15.7 Å². The zero-order valence-electron chi connectivity index (χ0n) is 6.61. The maximum atomic E-state index is 11.0. The molecule has 0 unspecified atom stereocenters. The second kappa shape index (κ2) is 3.36. The number of sulfone groups is 1. The van der Waals surface area contributed by atoms with Gasteiger partial charge >= 0.3 is 0 Å². The predicted octanol–water partition coefficient (Wildman–Crippen LogP) is 0.689. The number of aromatic nitrogens is 1. The highest BCUT2D eigenvalue weighted by atomic mass is 35.5. The summed E-state index contributed by atoms with van der Waals surface area (Å²) in [6.07, 6.45) is 0.937. The van der Waals surface area contributed by atoms with Crippen LogP contribution in [0.3, 0.4) is 0 Å². The normalized spacial score (nSPS) is 11.2. The average molecular weight is 221 g/mol. The molecule has 0 fully saturated rings. The number of rotatable bonds is 2. The second-order valence-electron chi connectivity index (χ2n) is 2.26. The molecule has 0 saturated carbocycles. The lowest BCUT2D eigenvalue weighted by atomic mass is 10.5. The number of hydrogen-bond acceptors (Lipinski definition) is 5. The smallest absolute Gasteiger partial charge is 0.256 e. The van der Waals surface area contributed by atoms with E-state index in [1.165, 1.54) is 0 Å². The molecule has 7 heteroatoms. The van der Waals surface area contributed by atoms with E-state index >= 15 is 0 Å². The summed E-state index contributed by atoms with van der Waals surface area (Å²) in [6.45, 7) is 0. The third-order valence-corrected chi connectivity index (χ3v) is 2.38. The first-order valence-corrected chi connectivity index (χ1v) is 5.57. The van der Waals surface area contributed by atoms with Crippen molar-refractivity contribution in [3.63, 3.8) is 0 Å². The molecule has 0 aliphatic heterocycles. The first-order chi connectivity index (χ1) is 5.99. The summed E-state index contributed by atoms with van der Waals surface area (Å²) in [7, 11) is -3.55. The van der Waals surface area contributed by atoms with Crippen molar-refractivity contribution in [3.8, 4) is 6.07 Å². The molecule has 0 aliphatic carbocycles. The number of nitriles is 1. The molecule has 1 aromatic heterocycles. The van der Waals surface area contributed by atoms with Crippen molar-refractivity contribution >= 4 is 21.4 Å². The zero-order chi connectivity index (χ0) is 10.1. The number of hydrogen-bond donors (Lipinski definition) is 0. The maximum absolute atomic E-state index is 11.0. The first-order valence-electron chi connectivity index (χ1n) is 3.15. The Morgan fingerprint density at radius 2 is 2.31 bits per heavy atom. The molecule has 0 aromatic carbocycles. The third-order valence-electron chi connectivity index (χ3n) is 1.20. The molecule has 0 bridgehead atoms. The molecule has 0 N–H and O–H groups in total. The van der Waals surface area contributed by atoms with E-state index in [0.29, 0.717) is 0 Å². The number of halogens is 1. The van der Waals surface area contributed by atoms with E-state index in [0.717, 1.165) is 6.26 Å². The van der Waals surface area contributed by atoms with Gasteiger partial charge in [0.15, 0.2) is 5.69 Å². The summed E-state index contributed by atoms with van der Waals surface area (Å²) in [5, 5.41) is 8.09. The summed E-state index contributed by atoms with van der Waals surface area (Å²) in [4.78, 5) is 3.57. The van der Waals surface area contributed by atoms with E-state index in [-0.39, 0.29) is 17.5 Å². The Labute approximate surface area is 79.9 Å². The second-order valence-corrected chi connectivity index (χ2v) is 4.44. The third kappa shape index (κ3) is 1.99. The predicted molar refractivity (Wildman–Crippen MR) is 43.9 cm³/mol. The standard InChI is InChI=1S/C6H5ClN2O3S/c1-13(10,11)6-4(3-8)9-5(2-7)12-6/h2H2,1H3. The van der Waals surface area contributed by atoms with Crippen LogP contribution < -0.4 is 0 Å². The van der Waals surface area contributed by atoms with Crippen LogP contribution in [-0.4, -0.2) is 19.7 Å². The molecule has 1 rings (SSSR count). The van der Waals surface area contributed by atoms with Gasteiger partial charge in [-0.15, -0.1) is 11.6 Å². The van der Waals surface area contributed by atoms with Gasteiger partial charge < -0.3 is 4.42 Å². The quantitative estimate of drug-likeness (QED) is 0.685. The van der Waals surface area contributed by atoms with Crippen LogP contribution in [0, 0.1) is 11.3 Å². The fraction of sp³-hybridized carbons (Fsp3) is 0.333. The van der Waals surface area contributed by atoms with Gasteiger partial charge in [0.25, 0.3) is 5.09 Å². The van der Waals surface area contributed by atoms with E-state index < -0.39 is 14.9 Å². The van der Waals surface area contributed by atoms with Gasteiger partial charge in [-0.2, -0.15) is 5.26 Å². The Morgan fingerprint density at radius 3 is 2.62 bits per heavy atom. The number of nitrogens with zero attached hydrogens (tertiary/aromatic N) is 2. The fourth-order valence-electron chi connectivity index (χ4n) is 0.728. The molecule has 13 heavy (non-hydrogen) atoms. The highest BCUT2D eigenvalue weighted by Crippen LogP contribution is 2.17. The summed E-state index contributed by atoms with van der Waals surface area (Å²) >= 11 is 5.36. The van der Waals surface area contributed by atoms with Crippen molar-refractivity contribution in [2.45, 2.75) is 11.0 Å². The SMILES string of the molecule is CS(=O)(=O)c1oc(CCl)nc1C#N. The highest BCUT2D eigenvalue weighted by molar-refractivity contribution is 7.90. The molecule has 0 amide bonds. The van der Waals surface area contributed by atoms with Crippen molar-refractivity contribution in [1.29, 1.82) is 5.26 Å². The van der Waals surface area contributed by atoms with E-state index in [1.807, 2.05) is 0 Å². The maximum Gasteiger partial charge on any atom is 0.256 e. The molecule has 0 aliphatic rings. The molecule has 0 radical (unpaired) electrons. The molecule has 70 valence electrons. The highest BCUT2D eigenvalue weighted by Gasteiger charge is 2.21. The van der Waals surface area contributed by atoms with E-state index in [2.05, 4.69) is 4.98 Å². The van der Waals surface area contributed by atoms with Crippen LogP contribution in [0.4, 0.5) is 0 Å². The van der Waals surface area contributed by atoms with Gasteiger partial charge in [0.05, 0.1) is 5.88 Å². The lowest BCUT2D eigenvalue weighted by Gasteiger charge is -1.88.